The van der Waals surface area contributed by atoms with Gasteiger partial charge in [-0.25, -0.2) is 4.98 Å². The first-order valence-corrected chi connectivity index (χ1v) is 20.6. The van der Waals surface area contributed by atoms with Gasteiger partial charge in [0.1, 0.15) is 5.52 Å². The number of furan rings is 1. The first kappa shape index (κ1) is 40.7. The Morgan fingerprint density at radius 3 is 2.19 bits per heavy atom. The van der Waals surface area contributed by atoms with Gasteiger partial charge in [0.2, 0.25) is 5.89 Å². The van der Waals surface area contributed by atoms with Crippen LogP contribution in [-0.4, -0.2) is 15.0 Å². The number of pyridine rings is 2. The summed E-state index contributed by atoms with van der Waals surface area (Å²) < 4.78 is 20.1. The standard InChI is InChI=1S/C52H51N3O3.Pt/c1-31-30-54-45(29-42(31)50(2,3)4)41-28-38(27-40-39-15-16-43-48(47(39)57-46(40)41)58-49(55-43)51(5,6)7)56-37-24-35(32-13-11-10-12-14-32)23-36(25-37)44-26-34(19-22-53-44)33-17-20-52(8,9)21-18-33;/h10-16,19,22-24,26-27,29-30,33H,17-18,20-21H2,1-9H3;/q-2;+2. The Bertz CT molecular complexity index is 2830. The Labute approximate surface area is 362 Å². The van der Waals surface area contributed by atoms with Gasteiger partial charge in [0.25, 0.3) is 0 Å². The molecule has 59 heavy (non-hydrogen) atoms. The minimum Gasteiger partial charge on any atom is -0.497 e. The quantitative estimate of drug-likeness (QED) is 0.155. The van der Waals surface area contributed by atoms with Crippen LogP contribution in [-0.2, 0) is 31.9 Å². The van der Waals surface area contributed by atoms with E-state index in [1.807, 2.05) is 36.7 Å². The maximum atomic E-state index is 6.87. The second-order valence-corrected chi connectivity index (χ2v) is 19.1. The molecule has 1 saturated carbocycles. The number of benzene rings is 4. The Hall–Kier alpha value is -5.06. The van der Waals surface area contributed by atoms with Crippen LogP contribution in [0.25, 0.3) is 66.7 Å². The van der Waals surface area contributed by atoms with E-state index in [-0.39, 0.29) is 31.9 Å². The van der Waals surface area contributed by atoms with Crippen molar-refractivity contribution in [3.63, 3.8) is 0 Å². The molecule has 7 heteroatoms. The van der Waals surface area contributed by atoms with E-state index in [0.29, 0.717) is 51.0 Å². The molecule has 0 bridgehead atoms. The molecule has 4 aromatic carbocycles. The van der Waals surface area contributed by atoms with Crippen LogP contribution in [0.2, 0.25) is 0 Å². The predicted octanol–water partition coefficient (Wildman–Crippen LogP) is 14.5. The molecular weight excluding hydrogens is 910 g/mol. The average molecular weight is 961 g/mol. The molecule has 0 radical (unpaired) electrons. The van der Waals surface area contributed by atoms with Crippen LogP contribution >= 0.6 is 0 Å². The molecule has 0 atom stereocenters. The van der Waals surface area contributed by atoms with Crippen molar-refractivity contribution in [2.45, 2.75) is 105 Å². The molecule has 0 saturated heterocycles. The fourth-order valence-electron chi connectivity index (χ4n) is 8.49. The summed E-state index contributed by atoms with van der Waals surface area (Å²) in [4.78, 5) is 14.7. The number of aryl methyl sites for hydroxylation is 1. The number of aromatic nitrogens is 3. The van der Waals surface area contributed by atoms with Gasteiger partial charge in [-0.05, 0) is 95.6 Å². The van der Waals surface area contributed by atoms with Gasteiger partial charge >= 0.3 is 21.1 Å². The summed E-state index contributed by atoms with van der Waals surface area (Å²) in [5, 5.41) is 1.77. The monoisotopic (exact) mass is 960 g/mol. The SMILES string of the molecule is Cc1cnc(-c2[c-]c(Oc3[c-]c(-c4cc(C5CCC(C)(C)CC5)ccn4)cc(-c4ccccc4)c3)cc3c2oc2c3ccc3nc(C(C)(C)C)oc32)cc1C(C)(C)C.[Pt+2]. The minimum atomic E-state index is -0.264. The van der Waals surface area contributed by atoms with Crippen molar-refractivity contribution < 1.29 is 34.6 Å². The molecule has 0 unspecified atom stereocenters. The van der Waals surface area contributed by atoms with E-state index in [1.54, 1.807) is 0 Å². The number of rotatable bonds is 6. The third kappa shape index (κ3) is 8.01. The molecule has 8 aromatic rings. The summed E-state index contributed by atoms with van der Waals surface area (Å²) >= 11 is 0. The maximum Gasteiger partial charge on any atom is 2.00 e. The second kappa shape index (κ2) is 15.2. The van der Waals surface area contributed by atoms with Crippen LogP contribution in [0.1, 0.15) is 110 Å². The van der Waals surface area contributed by atoms with Crippen molar-refractivity contribution in [3.8, 4) is 45.1 Å². The summed E-state index contributed by atoms with van der Waals surface area (Å²) in [6.45, 7) is 19.8. The summed E-state index contributed by atoms with van der Waals surface area (Å²) in [5.74, 6) is 2.28. The van der Waals surface area contributed by atoms with E-state index in [0.717, 1.165) is 49.9 Å². The first-order valence-electron chi connectivity index (χ1n) is 20.6. The van der Waals surface area contributed by atoms with Crippen LogP contribution in [0.5, 0.6) is 11.5 Å². The Balaban J connectivity index is 0.00000484. The predicted molar refractivity (Wildman–Crippen MR) is 234 cm³/mol. The third-order valence-corrected chi connectivity index (χ3v) is 11.9. The van der Waals surface area contributed by atoms with E-state index in [1.165, 1.54) is 36.8 Å². The summed E-state index contributed by atoms with van der Waals surface area (Å²) in [6, 6.07) is 34.5. The number of oxazole rings is 1. The molecule has 0 amide bonds. The van der Waals surface area contributed by atoms with Crippen molar-refractivity contribution >= 4 is 33.0 Å². The second-order valence-electron chi connectivity index (χ2n) is 19.1. The van der Waals surface area contributed by atoms with E-state index in [9.17, 15) is 0 Å². The minimum absolute atomic E-state index is 0. The zero-order valence-corrected chi connectivity index (χ0v) is 37.7. The molecule has 0 N–H and O–H groups in total. The molecule has 302 valence electrons. The molecule has 0 aliphatic heterocycles. The molecular formula is C52H51N3O3Pt. The van der Waals surface area contributed by atoms with Crippen LogP contribution in [0.15, 0.2) is 100 Å². The van der Waals surface area contributed by atoms with Crippen molar-refractivity contribution in [2.24, 2.45) is 5.41 Å². The smallest absolute Gasteiger partial charge is 0.497 e. The fourth-order valence-corrected chi connectivity index (χ4v) is 8.49. The maximum absolute atomic E-state index is 6.87. The van der Waals surface area contributed by atoms with Crippen molar-refractivity contribution in [2.75, 3.05) is 0 Å². The zero-order chi connectivity index (χ0) is 40.6. The molecule has 1 aliphatic rings. The Kier molecular flexibility index (Phi) is 10.5. The summed E-state index contributed by atoms with van der Waals surface area (Å²) in [5.41, 5.74) is 11.7. The van der Waals surface area contributed by atoms with Gasteiger partial charge in [-0.15, -0.1) is 11.6 Å². The van der Waals surface area contributed by atoms with Gasteiger partial charge in [-0.1, -0.05) is 144 Å². The van der Waals surface area contributed by atoms with Crippen LogP contribution in [0, 0.1) is 24.5 Å². The number of fused-ring (bicyclic) bond motifs is 5. The van der Waals surface area contributed by atoms with Crippen molar-refractivity contribution in [3.05, 3.63) is 126 Å². The average Bonchev–Trinajstić information content (AvgIpc) is 3.80. The Morgan fingerprint density at radius 1 is 0.712 bits per heavy atom. The molecule has 1 fully saturated rings. The van der Waals surface area contributed by atoms with E-state index in [4.69, 9.17) is 28.5 Å². The van der Waals surface area contributed by atoms with Crippen LogP contribution in [0.3, 0.4) is 0 Å². The molecule has 4 aromatic heterocycles. The van der Waals surface area contributed by atoms with Crippen molar-refractivity contribution in [1.29, 1.82) is 0 Å². The van der Waals surface area contributed by atoms with Gasteiger partial charge in [0, 0.05) is 34.7 Å². The molecule has 4 heterocycles. The molecule has 6 nitrogen and oxygen atoms in total. The van der Waals surface area contributed by atoms with E-state index in [2.05, 4.69) is 129 Å². The van der Waals surface area contributed by atoms with Crippen molar-refractivity contribution in [1.82, 2.24) is 15.0 Å². The number of hydrogen-bond donors (Lipinski definition) is 0. The summed E-state index contributed by atoms with van der Waals surface area (Å²) in [7, 11) is 0. The molecule has 1 aliphatic carbocycles. The Morgan fingerprint density at radius 2 is 1.46 bits per heavy atom. The number of ether oxygens (including phenoxy) is 1. The number of nitrogens with zero attached hydrogens (tertiary/aromatic N) is 3. The molecule has 9 rings (SSSR count). The van der Waals surface area contributed by atoms with Gasteiger partial charge in [0.05, 0.1) is 5.58 Å². The normalized spacial score (nSPS) is 14.9. The van der Waals surface area contributed by atoms with Gasteiger partial charge in [-0.3, -0.25) is 0 Å². The van der Waals surface area contributed by atoms with Crippen LogP contribution in [0.4, 0.5) is 0 Å². The molecule has 0 spiro atoms. The van der Waals surface area contributed by atoms with Gasteiger partial charge in [0.15, 0.2) is 11.2 Å². The zero-order valence-electron chi connectivity index (χ0n) is 35.4. The number of hydrogen-bond acceptors (Lipinski definition) is 6. The third-order valence-electron chi connectivity index (χ3n) is 11.9. The topological polar surface area (TPSA) is 74.2 Å². The van der Waals surface area contributed by atoms with Gasteiger partial charge in [-0.2, -0.15) is 0 Å². The van der Waals surface area contributed by atoms with E-state index < -0.39 is 0 Å². The van der Waals surface area contributed by atoms with E-state index >= 15 is 0 Å². The summed E-state index contributed by atoms with van der Waals surface area (Å²) in [6.07, 6.45) is 8.73. The fraction of sp³-hybridized carbons (Fsp3) is 0.327. The first-order chi connectivity index (χ1) is 27.6. The van der Waals surface area contributed by atoms with Crippen LogP contribution < -0.4 is 4.74 Å². The van der Waals surface area contributed by atoms with Gasteiger partial charge < -0.3 is 23.5 Å². The largest absolute Gasteiger partial charge is 2.00 e.